The highest BCUT2D eigenvalue weighted by molar-refractivity contribution is 5.55. The second-order valence-corrected chi connectivity index (χ2v) is 4.35. The van der Waals surface area contributed by atoms with E-state index >= 15 is 0 Å². The van der Waals surface area contributed by atoms with Gasteiger partial charge >= 0.3 is 0 Å². The monoisotopic (exact) mass is 257 g/mol. The molecule has 0 saturated heterocycles. The summed E-state index contributed by atoms with van der Waals surface area (Å²) < 4.78 is 10.5. The van der Waals surface area contributed by atoms with Gasteiger partial charge in [0.2, 0.25) is 0 Å². The van der Waals surface area contributed by atoms with Crippen molar-refractivity contribution in [1.29, 1.82) is 0 Å². The van der Waals surface area contributed by atoms with Gasteiger partial charge < -0.3 is 14.8 Å². The van der Waals surface area contributed by atoms with Crippen molar-refractivity contribution in [2.45, 2.75) is 13.0 Å². The summed E-state index contributed by atoms with van der Waals surface area (Å²) in [5.74, 6) is 1.47. The van der Waals surface area contributed by atoms with Crippen molar-refractivity contribution >= 4 is 5.69 Å². The number of hydrogen-bond acceptors (Lipinski definition) is 3. The lowest BCUT2D eigenvalue weighted by atomic mass is 10.1. The van der Waals surface area contributed by atoms with E-state index in [-0.39, 0.29) is 6.04 Å². The average Bonchev–Trinajstić information content (AvgIpc) is 2.48. The molecule has 0 amide bonds. The summed E-state index contributed by atoms with van der Waals surface area (Å²) in [6.07, 6.45) is 0. The van der Waals surface area contributed by atoms with Gasteiger partial charge in [-0.3, -0.25) is 0 Å². The highest BCUT2D eigenvalue weighted by atomic mass is 16.5. The molecular formula is C16H19NO2. The van der Waals surface area contributed by atoms with Gasteiger partial charge in [-0.25, -0.2) is 0 Å². The van der Waals surface area contributed by atoms with E-state index in [1.165, 1.54) is 5.56 Å². The van der Waals surface area contributed by atoms with Crippen LogP contribution in [-0.4, -0.2) is 14.2 Å². The third-order valence-electron chi connectivity index (χ3n) is 3.07. The predicted octanol–water partition coefficient (Wildman–Crippen LogP) is 3.88. The molecule has 0 spiro atoms. The van der Waals surface area contributed by atoms with Crippen LogP contribution in [0.5, 0.6) is 11.5 Å². The lowest BCUT2D eigenvalue weighted by molar-refractivity contribution is 0.355. The predicted molar refractivity (Wildman–Crippen MR) is 78.0 cm³/mol. The molecule has 0 aliphatic rings. The Balaban J connectivity index is 2.15. The molecule has 1 atom stereocenters. The Kier molecular flexibility index (Phi) is 4.29. The number of hydrogen-bond donors (Lipinski definition) is 1. The second kappa shape index (κ2) is 6.14. The molecule has 2 aromatic carbocycles. The van der Waals surface area contributed by atoms with Crippen LogP contribution in [0, 0.1) is 0 Å². The van der Waals surface area contributed by atoms with Crippen LogP contribution in [0.15, 0.2) is 48.5 Å². The molecule has 0 saturated carbocycles. The van der Waals surface area contributed by atoms with Gasteiger partial charge in [0.15, 0.2) is 11.5 Å². The molecule has 0 aliphatic carbocycles. The molecular weight excluding hydrogens is 238 g/mol. The second-order valence-electron chi connectivity index (χ2n) is 4.35. The van der Waals surface area contributed by atoms with Gasteiger partial charge in [0.05, 0.1) is 14.2 Å². The summed E-state index contributed by atoms with van der Waals surface area (Å²) in [6, 6.07) is 16.4. The first-order valence-corrected chi connectivity index (χ1v) is 6.28. The highest BCUT2D eigenvalue weighted by Gasteiger charge is 2.08. The van der Waals surface area contributed by atoms with Crippen LogP contribution in [0.25, 0.3) is 0 Å². The quantitative estimate of drug-likeness (QED) is 0.881. The van der Waals surface area contributed by atoms with Crippen molar-refractivity contribution in [3.8, 4) is 11.5 Å². The molecule has 100 valence electrons. The minimum absolute atomic E-state index is 0.235. The van der Waals surface area contributed by atoms with Gasteiger partial charge in [0.25, 0.3) is 0 Å². The Morgan fingerprint density at radius 2 is 1.58 bits per heavy atom. The maximum atomic E-state index is 5.30. The molecule has 0 heterocycles. The van der Waals surface area contributed by atoms with Crippen LogP contribution in [0.3, 0.4) is 0 Å². The molecule has 19 heavy (non-hydrogen) atoms. The Labute approximate surface area is 114 Å². The smallest absolute Gasteiger partial charge is 0.162 e. The Hall–Kier alpha value is -2.16. The van der Waals surface area contributed by atoms with Gasteiger partial charge in [0.1, 0.15) is 0 Å². The zero-order valence-electron chi connectivity index (χ0n) is 11.5. The fourth-order valence-corrected chi connectivity index (χ4v) is 2.00. The molecule has 0 aliphatic heterocycles. The molecule has 1 unspecified atom stereocenters. The van der Waals surface area contributed by atoms with Crippen LogP contribution in [0.2, 0.25) is 0 Å². The molecule has 0 aromatic heterocycles. The fraction of sp³-hybridized carbons (Fsp3) is 0.250. The summed E-state index contributed by atoms with van der Waals surface area (Å²) in [4.78, 5) is 0. The number of nitrogens with one attached hydrogen (secondary N) is 1. The average molecular weight is 257 g/mol. The van der Waals surface area contributed by atoms with Crippen molar-refractivity contribution < 1.29 is 9.47 Å². The van der Waals surface area contributed by atoms with Crippen molar-refractivity contribution in [2.75, 3.05) is 19.5 Å². The standard InChI is InChI=1S/C16H19NO2/c1-12(13-7-5-4-6-8-13)17-14-9-10-15(18-2)16(11-14)19-3/h4-12,17H,1-3H3. The van der Waals surface area contributed by atoms with Crippen molar-refractivity contribution in [3.63, 3.8) is 0 Å². The largest absolute Gasteiger partial charge is 0.493 e. The third kappa shape index (κ3) is 3.19. The highest BCUT2D eigenvalue weighted by Crippen LogP contribution is 2.31. The number of rotatable bonds is 5. The van der Waals surface area contributed by atoms with Crippen LogP contribution in [0.4, 0.5) is 5.69 Å². The molecule has 2 rings (SSSR count). The summed E-state index contributed by atoms with van der Waals surface area (Å²) in [5.41, 5.74) is 2.26. The summed E-state index contributed by atoms with van der Waals surface area (Å²) >= 11 is 0. The van der Waals surface area contributed by atoms with Crippen LogP contribution in [-0.2, 0) is 0 Å². The molecule has 3 heteroatoms. The zero-order chi connectivity index (χ0) is 13.7. The van der Waals surface area contributed by atoms with Gasteiger partial charge in [0, 0.05) is 17.8 Å². The van der Waals surface area contributed by atoms with E-state index in [0.717, 1.165) is 17.2 Å². The van der Waals surface area contributed by atoms with E-state index in [2.05, 4.69) is 24.4 Å². The van der Waals surface area contributed by atoms with Crippen molar-refractivity contribution in [1.82, 2.24) is 0 Å². The minimum Gasteiger partial charge on any atom is -0.493 e. The Morgan fingerprint density at radius 1 is 0.895 bits per heavy atom. The van der Waals surface area contributed by atoms with Crippen LogP contribution < -0.4 is 14.8 Å². The topological polar surface area (TPSA) is 30.5 Å². The normalized spacial score (nSPS) is 11.7. The van der Waals surface area contributed by atoms with Crippen LogP contribution in [0.1, 0.15) is 18.5 Å². The van der Waals surface area contributed by atoms with Gasteiger partial charge in [-0.2, -0.15) is 0 Å². The number of methoxy groups -OCH3 is 2. The van der Waals surface area contributed by atoms with Gasteiger partial charge in [-0.05, 0) is 24.6 Å². The Bertz CT molecular complexity index is 526. The van der Waals surface area contributed by atoms with E-state index < -0.39 is 0 Å². The molecule has 1 N–H and O–H groups in total. The minimum atomic E-state index is 0.235. The number of benzene rings is 2. The third-order valence-corrected chi connectivity index (χ3v) is 3.07. The van der Waals surface area contributed by atoms with E-state index in [4.69, 9.17) is 9.47 Å². The number of ether oxygens (including phenoxy) is 2. The summed E-state index contributed by atoms with van der Waals surface area (Å²) in [6.45, 7) is 2.13. The van der Waals surface area contributed by atoms with E-state index in [0.29, 0.717) is 0 Å². The lowest BCUT2D eigenvalue weighted by Gasteiger charge is -2.17. The molecule has 0 radical (unpaired) electrons. The van der Waals surface area contributed by atoms with E-state index in [9.17, 15) is 0 Å². The van der Waals surface area contributed by atoms with Crippen molar-refractivity contribution in [3.05, 3.63) is 54.1 Å². The van der Waals surface area contributed by atoms with Gasteiger partial charge in [-0.15, -0.1) is 0 Å². The zero-order valence-corrected chi connectivity index (χ0v) is 11.5. The lowest BCUT2D eigenvalue weighted by Crippen LogP contribution is -2.06. The molecule has 0 fully saturated rings. The molecule has 3 nitrogen and oxygen atoms in total. The SMILES string of the molecule is COc1ccc(NC(C)c2ccccc2)cc1OC. The van der Waals surface area contributed by atoms with Crippen LogP contribution >= 0.6 is 0 Å². The maximum Gasteiger partial charge on any atom is 0.162 e. The molecule has 0 bridgehead atoms. The Morgan fingerprint density at radius 3 is 2.21 bits per heavy atom. The first-order valence-electron chi connectivity index (χ1n) is 6.28. The fourth-order valence-electron chi connectivity index (χ4n) is 2.00. The first-order chi connectivity index (χ1) is 9.24. The first kappa shape index (κ1) is 13.3. The van der Waals surface area contributed by atoms with Crippen molar-refractivity contribution in [2.24, 2.45) is 0 Å². The number of anilines is 1. The maximum absolute atomic E-state index is 5.30. The van der Waals surface area contributed by atoms with Gasteiger partial charge in [-0.1, -0.05) is 30.3 Å². The molecule has 2 aromatic rings. The summed E-state index contributed by atoms with van der Waals surface area (Å²) in [7, 11) is 3.28. The summed E-state index contributed by atoms with van der Waals surface area (Å²) in [5, 5.41) is 3.45. The van der Waals surface area contributed by atoms with E-state index in [1.54, 1.807) is 14.2 Å². The van der Waals surface area contributed by atoms with E-state index in [1.807, 2.05) is 36.4 Å².